The van der Waals surface area contributed by atoms with Crippen molar-refractivity contribution < 1.29 is 9.59 Å². The Labute approximate surface area is 111 Å². The van der Waals surface area contributed by atoms with Crippen molar-refractivity contribution in [1.82, 2.24) is 25.0 Å². The monoisotopic (exact) mass is 263 g/mol. The van der Waals surface area contributed by atoms with Gasteiger partial charge in [0, 0.05) is 26.1 Å². The number of nitrogens with zero attached hydrogens (tertiary/aromatic N) is 4. The zero-order chi connectivity index (χ0) is 13.4. The van der Waals surface area contributed by atoms with E-state index in [0.29, 0.717) is 13.0 Å². The molecule has 1 saturated heterocycles. The highest BCUT2D eigenvalue weighted by atomic mass is 16.2. The van der Waals surface area contributed by atoms with Crippen molar-refractivity contribution in [3.63, 3.8) is 0 Å². The Hall–Kier alpha value is -1.76. The number of rotatable bonds is 5. The summed E-state index contributed by atoms with van der Waals surface area (Å²) in [6.07, 6.45) is 4.55. The number of aromatic nitrogens is 3. The lowest BCUT2D eigenvalue weighted by Gasteiger charge is -2.14. The molecule has 102 valence electrons. The van der Waals surface area contributed by atoms with Crippen LogP contribution in [0.15, 0.2) is 6.33 Å². The van der Waals surface area contributed by atoms with Gasteiger partial charge in [0.1, 0.15) is 12.2 Å². The fraction of sp³-hybridized carbons (Fsp3) is 0.667. The van der Waals surface area contributed by atoms with Crippen molar-refractivity contribution in [2.24, 2.45) is 7.05 Å². The van der Waals surface area contributed by atoms with Crippen LogP contribution in [0.5, 0.6) is 0 Å². The first-order chi connectivity index (χ1) is 9.16. The van der Waals surface area contributed by atoms with Crippen LogP contribution in [0.3, 0.4) is 0 Å². The number of imide groups is 1. The zero-order valence-electron chi connectivity index (χ0n) is 10.9. The molecule has 0 radical (unpaired) electrons. The molecule has 2 heterocycles. The van der Waals surface area contributed by atoms with Gasteiger partial charge in [0.2, 0.25) is 11.8 Å². The van der Waals surface area contributed by atoms with Crippen LogP contribution in [0.4, 0.5) is 0 Å². The lowest BCUT2D eigenvalue weighted by atomic mass is 10.2. The maximum absolute atomic E-state index is 12.1. The molecule has 7 heteroatoms. The number of nitrogens with one attached hydrogen (secondary N) is 1. The topological polar surface area (TPSA) is 80.1 Å². The third kappa shape index (κ3) is 2.37. The molecule has 19 heavy (non-hydrogen) atoms. The maximum Gasteiger partial charge on any atom is 0.247 e. The van der Waals surface area contributed by atoms with Crippen molar-refractivity contribution >= 4 is 11.8 Å². The average Bonchev–Trinajstić information content (AvgIpc) is 3.06. The van der Waals surface area contributed by atoms with Crippen LogP contribution in [0.2, 0.25) is 0 Å². The molecule has 2 fully saturated rings. The molecule has 0 bridgehead atoms. The number of carbonyl (C=O) groups excluding carboxylic acids is 2. The number of aryl methyl sites for hydroxylation is 1. The summed E-state index contributed by atoms with van der Waals surface area (Å²) in [7, 11) is 1.88. The summed E-state index contributed by atoms with van der Waals surface area (Å²) in [4.78, 5) is 25.3. The van der Waals surface area contributed by atoms with Gasteiger partial charge in [-0.3, -0.25) is 14.5 Å². The molecule has 0 spiro atoms. The molecule has 2 aliphatic rings. The lowest BCUT2D eigenvalue weighted by molar-refractivity contribution is -0.139. The second kappa shape index (κ2) is 4.73. The fourth-order valence-electron chi connectivity index (χ4n) is 2.42. The third-order valence-corrected chi connectivity index (χ3v) is 3.64. The van der Waals surface area contributed by atoms with Gasteiger partial charge in [-0.2, -0.15) is 0 Å². The molecule has 7 nitrogen and oxygen atoms in total. The Bertz CT molecular complexity index is 508. The van der Waals surface area contributed by atoms with Crippen LogP contribution < -0.4 is 5.32 Å². The van der Waals surface area contributed by atoms with E-state index < -0.39 is 0 Å². The molecule has 1 atom stereocenters. The van der Waals surface area contributed by atoms with E-state index in [2.05, 4.69) is 15.5 Å². The second-order valence-corrected chi connectivity index (χ2v) is 5.15. The Kier molecular flexibility index (Phi) is 3.06. The molecule has 1 aliphatic heterocycles. The van der Waals surface area contributed by atoms with E-state index in [1.807, 2.05) is 11.6 Å². The van der Waals surface area contributed by atoms with E-state index in [9.17, 15) is 9.59 Å². The third-order valence-electron chi connectivity index (χ3n) is 3.64. The number of amides is 2. The van der Waals surface area contributed by atoms with Crippen LogP contribution in [-0.2, 0) is 23.1 Å². The number of likely N-dealkylation sites (tertiary alicyclic amines) is 1. The van der Waals surface area contributed by atoms with Crippen molar-refractivity contribution in [3.05, 3.63) is 12.2 Å². The lowest BCUT2D eigenvalue weighted by Crippen LogP contribution is -2.40. The Morgan fingerprint density at radius 1 is 1.42 bits per heavy atom. The predicted molar refractivity (Wildman–Crippen MR) is 66.0 cm³/mol. The van der Waals surface area contributed by atoms with Gasteiger partial charge >= 0.3 is 0 Å². The van der Waals surface area contributed by atoms with E-state index >= 15 is 0 Å². The van der Waals surface area contributed by atoms with Gasteiger partial charge in [0.05, 0.1) is 12.5 Å². The SMILES string of the molecule is Cn1cnnc1CCNC1CC(=O)N(C2CC2)C1=O. The molecule has 1 N–H and O–H groups in total. The standard InChI is InChI=1S/C12H17N5O2/c1-16-7-14-15-10(16)4-5-13-9-6-11(18)17(12(9)19)8-2-3-8/h7-9,13H,2-6H2,1H3. The normalized spacial score (nSPS) is 23.4. The van der Waals surface area contributed by atoms with Crippen molar-refractivity contribution in [3.8, 4) is 0 Å². The van der Waals surface area contributed by atoms with E-state index in [1.165, 1.54) is 4.90 Å². The molecule has 3 rings (SSSR count). The van der Waals surface area contributed by atoms with Gasteiger partial charge in [0.25, 0.3) is 0 Å². The van der Waals surface area contributed by atoms with Crippen LogP contribution in [0.25, 0.3) is 0 Å². The van der Waals surface area contributed by atoms with Crippen LogP contribution in [0.1, 0.15) is 25.1 Å². The van der Waals surface area contributed by atoms with Gasteiger partial charge in [-0.15, -0.1) is 10.2 Å². The van der Waals surface area contributed by atoms with Crippen LogP contribution >= 0.6 is 0 Å². The van der Waals surface area contributed by atoms with Crippen LogP contribution in [0, 0.1) is 0 Å². The number of carbonyl (C=O) groups is 2. The first-order valence-corrected chi connectivity index (χ1v) is 6.59. The fourth-order valence-corrected chi connectivity index (χ4v) is 2.42. The first-order valence-electron chi connectivity index (χ1n) is 6.59. The average molecular weight is 263 g/mol. The highest BCUT2D eigenvalue weighted by Crippen LogP contribution is 2.31. The molecule has 1 unspecified atom stereocenters. The summed E-state index contributed by atoms with van der Waals surface area (Å²) >= 11 is 0. The smallest absolute Gasteiger partial charge is 0.247 e. The molecule has 1 saturated carbocycles. The van der Waals surface area contributed by atoms with Gasteiger partial charge in [0.15, 0.2) is 0 Å². The van der Waals surface area contributed by atoms with E-state index in [4.69, 9.17) is 0 Å². The first kappa shape index (κ1) is 12.3. The molecule has 2 amide bonds. The van der Waals surface area contributed by atoms with E-state index in [-0.39, 0.29) is 30.3 Å². The Morgan fingerprint density at radius 3 is 2.84 bits per heavy atom. The molecular formula is C12H17N5O2. The maximum atomic E-state index is 12.1. The number of hydrogen-bond acceptors (Lipinski definition) is 5. The predicted octanol–water partition coefficient (Wildman–Crippen LogP) is -0.763. The largest absolute Gasteiger partial charge is 0.321 e. The highest BCUT2D eigenvalue weighted by molar-refractivity contribution is 6.06. The van der Waals surface area contributed by atoms with Crippen molar-refractivity contribution in [2.45, 2.75) is 37.8 Å². The second-order valence-electron chi connectivity index (χ2n) is 5.15. The zero-order valence-corrected chi connectivity index (χ0v) is 10.9. The summed E-state index contributed by atoms with van der Waals surface area (Å²) in [5.74, 6) is 0.762. The molecular weight excluding hydrogens is 246 g/mol. The van der Waals surface area contributed by atoms with Crippen molar-refractivity contribution in [1.29, 1.82) is 0 Å². The summed E-state index contributed by atoms with van der Waals surface area (Å²) in [5.41, 5.74) is 0. The van der Waals surface area contributed by atoms with Gasteiger partial charge < -0.3 is 9.88 Å². The molecule has 0 aromatic carbocycles. The molecule has 1 aromatic heterocycles. The van der Waals surface area contributed by atoms with Gasteiger partial charge in [-0.05, 0) is 12.8 Å². The van der Waals surface area contributed by atoms with E-state index in [0.717, 1.165) is 18.7 Å². The minimum Gasteiger partial charge on any atom is -0.321 e. The minimum atomic E-state index is -0.360. The quantitative estimate of drug-likeness (QED) is 0.706. The van der Waals surface area contributed by atoms with Crippen LogP contribution in [-0.4, -0.2) is 50.1 Å². The van der Waals surface area contributed by atoms with E-state index in [1.54, 1.807) is 6.33 Å². The Morgan fingerprint density at radius 2 is 2.21 bits per heavy atom. The highest BCUT2D eigenvalue weighted by Gasteiger charge is 2.45. The van der Waals surface area contributed by atoms with Gasteiger partial charge in [-0.25, -0.2) is 0 Å². The number of hydrogen-bond donors (Lipinski definition) is 1. The minimum absolute atomic E-state index is 0.0383. The summed E-state index contributed by atoms with van der Waals surface area (Å²) in [6, 6.07) is -0.188. The van der Waals surface area contributed by atoms with Crippen molar-refractivity contribution in [2.75, 3.05) is 6.54 Å². The van der Waals surface area contributed by atoms with Gasteiger partial charge in [-0.1, -0.05) is 0 Å². The summed E-state index contributed by atoms with van der Waals surface area (Å²) < 4.78 is 1.85. The summed E-state index contributed by atoms with van der Waals surface area (Å²) in [5, 5.41) is 10.9. The molecule has 1 aromatic rings. The Balaban J connectivity index is 1.52. The summed E-state index contributed by atoms with van der Waals surface area (Å²) in [6.45, 7) is 0.620. The molecule has 1 aliphatic carbocycles.